The molecular weight excluding hydrogens is 154 g/mol. The Morgan fingerprint density at radius 1 is 1.27 bits per heavy atom. The first kappa shape index (κ1) is 8.67. The van der Waals surface area contributed by atoms with Crippen molar-refractivity contribution in [3.8, 4) is 0 Å². The summed E-state index contributed by atoms with van der Waals surface area (Å²) in [6.45, 7) is 6.22. The minimum Gasteiger partial charge on any atom is -0.0872 e. The highest BCUT2D eigenvalue weighted by atomic mass is 35.5. The Bertz CT molecular complexity index is 269. The van der Waals surface area contributed by atoms with E-state index in [2.05, 4.69) is 21.1 Å². The van der Waals surface area contributed by atoms with Crippen LogP contribution in [0.25, 0.3) is 0 Å². The highest BCUT2D eigenvalue weighted by Gasteiger charge is 2.00. The van der Waals surface area contributed by atoms with Crippen LogP contribution in [0.2, 0.25) is 11.8 Å². The van der Waals surface area contributed by atoms with Crippen molar-refractivity contribution in [2.75, 3.05) is 0 Å². The van der Waals surface area contributed by atoms with Crippen LogP contribution in [-0.4, -0.2) is 7.28 Å². The molecule has 0 aliphatic carbocycles. The van der Waals surface area contributed by atoms with Gasteiger partial charge in [-0.25, -0.2) is 0 Å². The quantitative estimate of drug-likeness (QED) is 0.561. The smallest absolute Gasteiger partial charge is 0.0872 e. The minimum absolute atomic E-state index is 0.821. The molecule has 0 aliphatic heterocycles. The van der Waals surface area contributed by atoms with Gasteiger partial charge in [0.25, 0.3) is 0 Å². The standard InChI is InChI=1S/C9H11BCl/c1-6-4-8(11)5-9(10-3)7(6)2/h4-5H,1-3H3. The predicted octanol–water partition coefficient (Wildman–Crippen LogP) is 2.33. The second-order valence-corrected chi connectivity index (χ2v) is 3.16. The summed E-state index contributed by atoms with van der Waals surface area (Å²) in [6.07, 6.45) is 0. The molecule has 0 unspecified atom stereocenters. The van der Waals surface area contributed by atoms with Crippen LogP contribution in [0, 0.1) is 13.8 Å². The van der Waals surface area contributed by atoms with E-state index in [4.69, 9.17) is 11.6 Å². The summed E-state index contributed by atoms with van der Waals surface area (Å²) in [5, 5.41) is 0.821. The lowest BCUT2D eigenvalue weighted by Crippen LogP contribution is -2.15. The first-order chi connectivity index (χ1) is 5.15. The zero-order valence-corrected chi connectivity index (χ0v) is 7.87. The van der Waals surface area contributed by atoms with Gasteiger partial charge in [-0.05, 0) is 31.5 Å². The Balaban J connectivity index is 3.24. The van der Waals surface area contributed by atoms with E-state index < -0.39 is 0 Å². The fourth-order valence-corrected chi connectivity index (χ4v) is 1.42. The maximum atomic E-state index is 5.88. The molecule has 2 heteroatoms. The first-order valence-electron chi connectivity index (χ1n) is 3.71. The van der Waals surface area contributed by atoms with Crippen LogP contribution in [0.15, 0.2) is 12.1 Å². The largest absolute Gasteiger partial charge is 0.148 e. The van der Waals surface area contributed by atoms with Crippen LogP contribution in [0.5, 0.6) is 0 Å². The average molecular weight is 165 g/mol. The molecule has 57 valence electrons. The van der Waals surface area contributed by atoms with E-state index in [1.807, 2.05) is 19.0 Å². The van der Waals surface area contributed by atoms with Crippen molar-refractivity contribution in [2.45, 2.75) is 20.7 Å². The molecule has 1 aromatic rings. The van der Waals surface area contributed by atoms with E-state index in [-0.39, 0.29) is 0 Å². The summed E-state index contributed by atoms with van der Waals surface area (Å²) in [6, 6.07) is 3.98. The van der Waals surface area contributed by atoms with Gasteiger partial charge in [0.2, 0.25) is 0 Å². The van der Waals surface area contributed by atoms with E-state index in [1.165, 1.54) is 16.6 Å². The van der Waals surface area contributed by atoms with E-state index in [1.54, 1.807) is 0 Å². The van der Waals surface area contributed by atoms with Crippen LogP contribution in [0.4, 0.5) is 0 Å². The summed E-state index contributed by atoms with van der Waals surface area (Å²) in [7, 11) is 2.08. The fraction of sp³-hybridized carbons (Fsp3) is 0.333. The lowest BCUT2D eigenvalue weighted by Gasteiger charge is -2.06. The van der Waals surface area contributed by atoms with E-state index >= 15 is 0 Å². The normalized spacial score (nSPS) is 9.82. The van der Waals surface area contributed by atoms with Gasteiger partial charge in [-0.3, -0.25) is 0 Å². The first-order valence-corrected chi connectivity index (χ1v) is 4.09. The van der Waals surface area contributed by atoms with Crippen molar-refractivity contribution in [3.63, 3.8) is 0 Å². The summed E-state index contributed by atoms with van der Waals surface area (Å²) in [4.78, 5) is 0. The van der Waals surface area contributed by atoms with Crippen LogP contribution in [0.3, 0.4) is 0 Å². The van der Waals surface area contributed by atoms with Crippen LogP contribution >= 0.6 is 11.6 Å². The minimum atomic E-state index is 0.821. The molecule has 1 aromatic carbocycles. The molecule has 11 heavy (non-hydrogen) atoms. The van der Waals surface area contributed by atoms with Crippen molar-refractivity contribution in [1.29, 1.82) is 0 Å². The van der Waals surface area contributed by atoms with Crippen molar-refractivity contribution in [2.24, 2.45) is 0 Å². The van der Waals surface area contributed by atoms with Crippen LogP contribution in [0.1, 0.15) is 11.1 Å². The number of hydrogen-bond acceptors (Lipinski definition) is 0. The maximum absolute atomic E-state index is 5.88. The summed E-state index contributed by atoms with van der Waals surface area (Å²) >= 11 is 5.88. The third-order valence-electron chi connectivity index (χ3n) is 1.98. The van der Waals surface area contributed by atoms with Gasteiger partial charge in [-0.1, -0.05) is 29.5 Å². The van der Waals surface area contributed by atoms with E-state index in [0.29, 0.717) is 0 Å². The maximum Gasteiger partial charge on any atom is 0.148 e. The molecule has 0 heterocycles. The number of hydrogen-bond donors (Lipinski definition) is 0. The average Bonchev–Trinajstić information content (AvgIpc) is 1.96. The molecule has 0 aromatic heterocycles. The van der Waals surface area contributed by atoms with Gasteiger partial charge >= 0.3 is 0 Å². The highest BCUT2D eigenvalue weighted by Crippen LogP contribution is 2.11. The Labute approximate surface area is 73.8 Å². The second kappa shape index (κ2) is 3.31. The molecule has 0 aliphatic rings. The molecule has 0 spiro atoms. The number of rotatable bonds is 1. The monoisotopic (exact) mass is 165 g/mol. The van der Waals surface area contributed by atoms with Crippen molar-refractivity contribution < 1.29 is 0 Å². The molecule has 0 nitrogen and oxygen atoms in total. The second-order valence-electron chi connectivity index (χ2n) is 2.73. The van der Waals surface area contributed by atoms with Gasteiger partial charge in [0.15, 0.2) is 0 Å². The zero-order chi connectivity index (χ0) is 8.43. The van der Waals surface area contributed by atoms with Gasteiger partial charge in [-0.2, -0.15) is 0 Å². The van der Waals surface area contributed by atoms with Crippen molar-refractivity contribution in [3.05, 3.63) is 28.3 Å². The molecular formula is C9H11BCl. The Morgan fingerprint density at radius 3 is 2.45 bits per heavy atom. The highest BCUT2D eigenvalue weighted by molar-refractivity contribution is 6.53. The third-order valence-corrected chi connectivity index (χ3v) is 2.20. The Hall–Kier alpha value is -0.425. The molecule has 0 N–H and O–H groups in total. The molecule has 0 atom stereocenters. The SMILES string of the molecule is C[B]c1cc(Cl)cc(C)c1C. The van der Waals surface area contributed by atoms with Gasteiger partial charge in [0, 0.05) is 5.02 Å². The van der Waals surface area contributed by atoms with Crippen LogP contribution in [-0.2, 0) is 0 Å². The summed E-state index contributed by atoms with van der Waals surface area (Å²) < 4.78 is 0. The third kappa shape index (κ3) is 1.78. The molecule has 1 rings (SSSR count). The van der Waals surface area contributed by atoms with Gasteiger partial charge in [0.1, 0.15) is 7.28 Å². The number of halogens is 1. The molecule has 0 fully saturated rings. The molecule has 0 saturated carbocycles. The zero-order valence-electron chi connectivity index (χ0n) is 7.11. The van der Waals surface area contributed by atoms with Gasteiger partial charge in [-0.15, -0.1) is 0 Å². The van der Waals surface area contributed by atoms with Crippen LogP contribution < -0.4 is 5.46 Å². The summed E-state index contributed by atoms with van der Waals surface area (Å²) in [5.74, 6) is 0. The molecule has 0 bridgehead atoms. The molecule has 0 amide bonds. The molecule has 0 saturated heterocycles. The lowest BCUT2D eigenvalue weighted by molar-refractivity contribution is 1.37. The number of benzene rings is 1. The topological polar surface area (TPSA) is 0 Å². The Kier molecular flexibility index (Phi) is 2.61. The lowest BCUT2D eigenvalue weighted by atomic mass is 9.70. The summed E-state index contributed by atoms with van der Waals surface area (Å²) in [5.41, 5.74) is 3.80. The van der Waals surface area contributed by atoms with Gasteiger partial charge < -0.3 is 0 Å². The molecule has 1 radical (unpaired) electrons. The van der Waals surface area contributed by atoms with Gasteiger partial charge in [0.05, 0.1) is 0 Å². The Morgan fingerprint density at radius 2 is 1.91 bits per heavy atom. The van der Waals surface area contributed by atoms with Crippen molar-refractivity contribution in [1.82, 2.24) is 0 Å². The fourth-order valence-electron chi connectivity index (χ4n) is 1.14. The van der Waals surface area contributed by atoms with Crippen molar-refractivity contribution >= 4 is 24.3 Å². The predicted molar refractivity (Wildman–Crippen MR) is 52.2 cm³/mol. The number of aryl methyl sites for hydroxylation is 1. The van der Waals surface area contributed by atoms with E-state index in [9.17, 15) is 0 Å². The van der Waals surface area contributed by atoms with E-state index in [0.717, 1.165) is 5.02 Å².